The van der Waals surface area contributed by atoms with Gasteiger partial charge in [0.15, 0.2) is 0 Å². The lowest BCUT2D eigenvalue weighted by atomic mass is 10.4. The van der Waals surface area contributed by atoms with E-state index in [4.69, 9.17) is 17.3 Å². The normalized spacial score (nSPS) is 12.5. The Hall–Kier alpha value is -0.940. The molecule has 0 aliphatic carbocycles. The molecule has 0 aromatic carbocycles. The molecule has 14 heavy (non-hydrogen) atoms. The Morgan fingerprint density at radius 2 is 2.43 bits per heavy atom. The van der Waals surface area contributed by atoms with Crippen molar-refractivity contribution in [2.24, 2.45) is 0 Å². The van der Waals surface area contributed by atoms with Gasteiger partial charge in [-0.2, -0.15) is 0 Å². The second-order valence-corrected chi connectivity index (χ2v) is 3.58. The second-order valence-electron chi connectivity index (χ2n) is 3.16. The van der Waals surface area contributed by atoms with Gasteiger partial charge in [-0.3, -0.25) is 0 Å². The molecule has 4 nitrogen and oxygen atoms in total. The SMILES string of the molecule is CCc1nc(=S)cc(NCC(C)O)[nH]1. The maximum Gasteiger partial charge on any atom is 0.131 e. The molecule has 0 aliphatic rings. The fourth-order valence-corrected chi connectivity index (χ4v) is 1.26. The first-order valence-corrected chi connectivity index (χ1v) is 5.04. The molecule has 0 aliphatic heterocycles. The third-order valence-electron chi connectivity index (χ3n) is 1.71. The smallest absolute Gasteiger partial charge is 0.131 e. The van der Waals surface area contributed by atoms with Crippen LogP contribution in [0.2, 0.25) is 0 Å². The number of H-pyrrole nitrogens is 1. The summed E-state index contributed by atoms with van der Waals surface area (Å²) in [6.07, 6.45) is 0.434. The van der Waals surface area contributed by atoms with Crippen molar-refractivity contribution in [1.82, 2.24) is 9.97 Å². The molecule has 1 aromatic heterocycles. The molecule has 0 saturated heterocycles. The summed E-state index contributed by atoms with van der Waals surface area (Å²) in [5, 5.41) is 12.1. The van der Waals surface area contributed by atoms with E-state index in [1.807, 2.05) is 6.92 Å². The summed E-state index contributed by atoms with van der Waals surface area (Å²) in [7, 11) is 0. The van der Waals surface area contributed by atoms with Crippen molar-refractivity contribution >= 4 is 18.0 Å². The first kappa shape index (κ1) is 11.1. The van der Waals surface area contributed by atoms with Gasteiger partial charge >= 0.3 is 0 Å². The summed E-state index contributed by atoms with van der Waals surface area (Å²) in [6, 6.07) is 1.75. The third kappa shape index (κ3) is 3.43. The van der Waals surface area contributed by atoms with Crippen molar-refractivity contribution in [1.29, 1.82) is 0 Å². The zero-order valence-corrected chi connectivity index (χ0v) is 9.19. The van der Waals surface area contributed by atoms with E-state index in [1.165, 1.54) is 0 Å². The highest BCUT2D eigenvalue weighted by Gasteiger charge is 1.98. The number of aliphatic hydroxyl groups excluding tert-OH is 1. The molecule has 0 bridgehead atoms. The van der Waals surface area contributed by atoms with E-state index in [1.54, 1.807) is 13.0 Å². The first-order valence-electron chi connectivity index (χ1n) is 4.64. The molecular formula is C9H15N3OS. The maximum atomic E-state index is 9.09. The number of aryl methyl sites for hydroxylation is 1. The summed E-state index contributed by atoms with van der Waals surface area (Å²) in [5.41, 5.74) is 0. The lowest BCUT2D eigenvalue weighted by molar-refractivity contribution is 0.208. The molecule has 78 valence electrons. The minimum atomic E-state index is -0.379. The van der Waals surface area contributed by atoms with E-state index in [0.717, 1.165) is 18.1 Å². The number of nitrogens with zero attached hydrogens (tertiary/aromatic N) is 1. The Bertz CT molecular complexity index is 348. The minimum absolute atomic E-state index is 0.379. The second kappa shape index (κ2) is 5.07. The molecule has 1 atom stereocenters. The Morgan fingerprint density at radius 3 is 3.00 bits per heavy atom. The standard InChI is InChI=1S/C9H15N3OS/c1-3-7-11-8(4-9(14)12-7)10-5-6(2)13/h4,6,13H,3,5H2,1-2H3,(H2,10,11,12,14). The number of hydrogen-bond donors (Lipinski definition) is 3. The molecule has 0 fully saturated rings. The third-order valence-corrected chi connectivity index (χ3v) is 1.92. The maximum absolute atomic E-state index is 9.09. The van der Waals surface area contributed by atoms with E-state index in [9.17, 15) is 0 Å². The average molecular weight is 213 g/mol. The highest BCUT2D eigenvalue weighted by molar-refractivity contribution is 7.71. The van der Waals surface area contributed by atoms with Crippen LogP contribution in [-0.4, -0.2) is 27.7 Å². The topological polar surface area (TPSA) is 60.9 Å². The monoisotopic (exact) mass is 213 g/mol. The first-order chi connectivity index (χ1) is 6.61. The molecule has 0 saturated carbocycles. The van der Waals surface area contributed by atoms with Gasteiger partial charge in [0.1, 0.15) is 16.3 Å². The summed E-state index contributed by atoms with van der Waals surface area (Å²) >= 11 is 5.00. The molecule has 3 N–H and O–H groups in total. The molecule has 5 heteroatoms. The Kier molecular flexibility index (Phi) is 4.03. The molecule has 0 amide bonds. The molecular weight excluding hydrogens is 198 g/mol. The zero-order chi connectivity index (χ0) is 10.6. The molecule has 1 unspecified atom stereocenters. The van der Waals surface area contributed by atoms with Crippen LogP contribution in [0.15, 0.2) is 6.07 Å². The van der Waals surface area contributed by atoms with Gasteiger partial charge < -0.3 is 15.4 Å². The van der Waals surface area contributed by atoms with Crippen molar-refractivity contribution in [3.8, 4) is 0 Å². The molecule has 0 radical (unpaired) electrons. The van der Waals surface area contributed by atoms with Crippen LogP contribution in [0.4, 0.5) is 5.82 Å². The predicted octanol–water partition coefficient (Wildman–Crippen LogP) is 1.49. The largest absolute Gasteiger partial charge is 0.392 e. The van der Waals surface area contributed by atoms with Gasteiger partial charge in [0.2, 0.25) is 0 Å². The fourth-order valence-electron chi connectivity index (χ4n) is 1.03. The van der Waals surface area contributed by atoms with Gasteiger partial charge in [-0.1, -0.05) is 19.1 Å². The number of nitrogens with one attached hydrogen (secondary N) is 2. The number of aliphatic hydroxyl groups is 1. The van der Waals surface area contributed by atoms with Crippen LogP contribution in [0, 0.1) is 4.64 Å². The van der Waals surface area contributed by atoms with Crippen LogP contribution in [0.3, 0.4) is 0 Å². The van der Waals surface area contributed by atoms with Crippen LogP contribution in [0.1, 0.15) is 19.7 Å². The number of hydrogen-bond acceptors (Lipinski definition) is 4. The Balaban J connectivity index is 2.76. The predicted molar refractivity (Wildman–Crippen MR) is 59.0 cm³/mol. The van der Waals surface area contributed by atoms with E-state index in [-0.39, 0.29) is 6.10 Å². The van der Waals surface area contributed by atoms with Gasteiger partial charge in [-0.25, -0.2) is 4.98 Å². The summed E-state index contributed by atoms with van der Waals surface area (Å²) in [6.45, 7) is 4.23. The van der Waals surface area contributed by atoms with Gasteiger partial charge in [0.25, 0.3) is 0 Å². The van der Waals surface area contributed by atoms with Gasteiger partial charge in [-0.05, 0) is 6.92 Å². The lowest BCUT2D eigenvalue weighted by Gasteiger charge is -2.09. The van der Waals surface area contributed by atoms with E-state index in [0.29, 0.717) is 11.2 Å². The Labute approximate surface area is 88.4 Å². The quantitative estimate of drug-likeness (QED) is 0.663. The van der Waals surface area contributed by atoms with E-state index < -0.39 is 0 Å². The van der Waals surface area contributed by atoms with Crippen LogP contribution in [0.25, 0.3) is 0 Å². The highest BCUT2D eigenvalue weighted by atomic mass is 32.1. The van der Waals surface area contributed by atoms with Gasteiger partial charge in [-0.15, -0.1) is 0 Å². The van der Waals surface area contributed by atoms with Crippen LogP contribution in [0.5, 0.6) is 0 Å². The summed E-state index contributed by atoms with van der Waals surface area (Å²) in [4.78, 5) is 7.23. The average Bonchev–Trinajstić information content (AvgIpc) is 2.14. The van der Waals surface area contributed by atoms with Crippen LogP contribution < -0.4 is 5.32 Å². The summed E-state index contributed by atoms with van der Waals surface area (Å²) in [5.74, 6) is 1.66. The van der Waals surface area contributed by atoms with Crippen molar-refractivity contribution in [3.63, 3.8) is 0 Å². The van der Waals surface area contributed by atoms with Crippen molar-refractivity contribution in [2.75, 3.05) is 11.9 Å². The minimum Gasteiger partial charge on any atom is -0.392 e. The van der Waals surface area contributed by atoms with Gasteiger partial charge in [0.05, 0.1) is 6.10 Å². The van der Waals surface area contributed by atoms with Crippen molar-refractivity contribution in [3.05, 3.63) is 16.5 Å². The number of aromatic nitrogens is 2. The molecule has 1 rings (SSSR count). The molecule has 1 aromatic rings. The number of anilines is 1. The van der Waals surface area contributed by atoms with Crippen molar-refractivity contribution in [2.45, 2.75) is 26.4 Å². The van der Waals surface area contributed by atoms with Crippen molar-refractivity contribution < 1.29 is 5.11 Å². The van der Waals surface area contributed by atoms with Gasteiger partial charge in [0, 0.05) is 19.0 Å². The zero-order valence-electron chi connectivity index (χ0n) is 8.37. The lowest BCUT2D eigenvalue weighted by Crippen LogP contribution is -2.16. The fraction of sp³-hybridized carbons (Fsp3) is 0.556. The summed E-state index contributed by atoms with van der Waals surface area (Å²) < 4.78 is 0.564. The van der Waals surface area contributed by atoms with Crippen LogP contribution in [-0.2, 0) is 6.42 Å². The Morgan fingerprint density at radius 1 is 1.71 bits per heavy atom. The highest BCUT2D eigenvalue weighted by Crippen LogP contribution is 2.04. The van der Waals surface area contributed by atoms with Crippen LogP contribution >= 0.6 is 12.2 Å². The number of aromatic amines is 1. The molecule has 0 spiro atoms. The molecule has 1 heterocycles. The van der Waals surface area contributed by atoms with E-state index in [2.05, 4.69) is 15.3 Å². The number of rotatable bonds is 4. The van der Waals surface area contributed by atoms with E-state index >= 15 is 0 Å².